The number of pyridine rings is 1. The Hall–Kier alpha value is -2.42. The molecule has 0 atom stereocenters. The van der Waals surface area contributed by atoms with Crippen molar-refractivity contribution in [3.8, 4) is 17.5 Å². The normalized spacial score (nSPS) is 9.60. The van der Waals surface area contributed by atoms with Gasteiger partial charge in [0.05, 0.1) is 25.7 Å². The fourth-order valence-corrected chi connectivity index (χ4v) is 1.13. The van der Waals surface area contributed by atoms with E-state index in [1.54, 1.807) is 6.07 Å². The van der Waals surface area contributed by atoms with Crippen molar-refractivity contribution < 1.29 is 4.74 Å². The number of hydrogen-bond acceptors (Lipinski definition) is 5. The van der Waals surface area contributed by atoms with Gasteiger partial charge in [-0.1, -0.05) is 0 Å². The summed E-state index contributed by atoms with van der Waals surface area (Å²) in [5.74, 6) is 0.557. The van der Waals surface area contributed by atoms with Gasteiger partial charge in [0.2, 0.25) is 0 Å². The summed E-state index contributed by atoms with van der Waals surface area (Å²) in [6, 6.07) is 3.63. The summed E-state index contributed by atoms with van der Waals surface area (Å²) in [4.78, 5) is 5.26. The minimum absolute atomic E-state index is 0.256. The van der Waals surface area contributed by atoms with E-state index in [0.29, 0.717) is 11.4 Å². The van der Waals surface area contributed by atoms with Gasteiger partial charge in [0, 0.05) is 6.07 Å². The van der Waals surface area contributed by atoms with Crippen LogP contribution < -0.4 is 4.74 Å². The lowest BCUT2D eigenvalue weighted by molar-refractivity contribution is 0.412. The average Bonchev–Trinajstić information content (AvgIpc) is 2.81. The topological polar surface area (TPSA) is 76.6 Å². The number of nitrogens with zero attached hydrogens (tertiary/aromatic N) is 5. The molecule has 0 aliphatic heterocycles. The van der Waals surface area contributed by atoms with Crippen LogP contribution in [0.25, 0.3) is 5.69 Å². The van der Waals surface area contributed by atoms with E-state index in [-0.39, 0.29) is 5.69 Å². The van der Waals surface area contributed by atoms with Crippen molar-refractivity contribution in [1.29, 1.82) is 5.26 Å². The third-order valence-electron chi connectivity index (χ3n) is 1.82. The molecular weight excluding hydrogens is 194 g/mol. The summed E-state index contributed by atoms with van der Waals surface area (Å²) < 4.78 is 5.01. The first-order valence-corrected chi connectivity index (χ1v) is 4.16. The molecular formula is C9H7N5O. The fourth-order valence-electron chi connectivity index (χ4n) is 1.13. The van der Waals surface area contributed by atoms with E-state index in [2.05, 4.69) is 15.2 Å². The number of rotatable bonds is 2. The van der Waals surface area contributed by atoms with E-state index in [9.17, 15) is 0 Å². The van der Waals surface area contributed by atoms with Gasteiger partial charge in [0.25, 0.3) is 0 Å². The molecule has 6 heteroatoms. The summed E-state index contributed by atoms with van der Waals surface area (Å²) in [5, 5.41) is 16.7. The lowest BCUT2D eigenvalue weighted by atomic mass is 10.3. The second-order valence-electron chi connectivity index (χ2n) is 2.67. The maximum absolute atomic E-state index is 8.86. The molecule has 0 aromatic carbocycles. The molecule has 0 unspecified atom stereocenters. The van der Waals surface area contributed by atoms with Crippen LogP contribution in [0.4, 0.5) is 0 Å². The second kappa shape index (κ2) is 3.75. The molecule has 2 heterocycles. The van der Waals surface area contributed by atoms with Crippen molar-refractivity contribution in [3.63, 3.8) is 0 Å². The van der Waals surface area contributed by atoms with E-state index in [1.165, 1.54) is 30.5 Å². The van der Waals surface area contributed by atoms with Crippen LogP contribution in [0.3, 0.4) is 0 Å². The maximum atomic E-state index is 8.86. The summed E-state index contributed by atoms with van der Waals surface area (Å²) >= 11 is 0. The number of methoxy groups -OCH3 is 1. The van der Waals surface area contributed by atoms with Crippen LogP contribution in [0, 0.1) is 11.3 Å². The van der Waals surface area contributed by atoms with E-state index >= 15 is 0 Å². The molecule has 0 bridgehead atoms. The molecule has 0 saturated heterocycles. The van der Waals surface area contributed by atoms with Crippen LogP contribution in [0.5, 0.6) is 5.75 Å². The van der Waals surface area contributed by atoms with Crippen molar-refractivity contribution in [3.05, 3.63) is 30.4 Å². The Morgan fingerprint density at radius 3 is 2.73 bits per heavy atom. The van der Waals surface area contributed by atoms with Crippen molar-refractivity contribution in [1.82, 2.24) is 20.0 Å². The highest BCUT2D eigenvalue weighted by molar-refractivity contribution is 5.46. The van der Waals surface area contributed by atoms with Gasteiger partial charge >= 0.3 is 0 Å². The van der Waals surface area contributed by atoms with Gasteiger partial charge < -0.3 is 4.74 Å². The summed E-state index contributed by atoms with van der Waals surface area (Å²) in [6.07, 6.45) is 4.53. The van der Waals surface area contributed by atoms with Gasteiger partial charge in [0.15, 0.2) is 5.69 Å². The Balaban J connectivity index is 2.58. The highest BCUT2D eigenvalue weighted by Crippen LogP contribution is 2.16. The van der Waals surface area contributed by atoms with E-state index < -0.39 is 0 Å². The molecule has 2 aromatic rings. The summed E-state index contributed by atoms with van der Waals surface area (Å²) in [7, 11) is 1.53. The number of hydrogen-bond donors (Lipinski definition) is 0. The molecule has 0 amide bonds. The van der Waals surface area contributed by atoms with Crippen LogP contribution in [-0.4, -0.2) is 27.1 Å². The molecule has 0 N–H and O–H groups in total. The zero-order valence-electron chi connectivity index (χ0n) is 7.95. The molecule has 0 aliphatic carbocycles. The Morgan fingerprint density at radius 1 is 1.40 bits per heavy atom. The minimum Gasteiger partial charge on any atom is -0.495 e. The summed E-state index contributed by atoms with van der Waals surface area (Å²) in [5.41, 5.74) is 0.758. The molecule has 74 valence electrons. The molecule has 0 aliphatic rings. The van der Waals surface area contributed by atoms with Crippen LogP contribution in [0.2, 0.25) is 0 Å². The van der Waals surface area contributed by atoms with Gasteiger partial charge in [-0.2, -0.15) is 15.5 Å². The third kappa shape index (κ3) is 1.62. The monoisotopic (exact) mass is 201 g/mol. The lowest BCUT2D eigenvalue weighted by Gasteiger charge is -2.04. The average molecular weight is 201 g/mol. The van der Waals surface area contributed by atoms with Crippen molar-refractivity contribution in [2.75, 3.05) is 7.11 Å². The zero-order chi connectivity index (χ0) is 10.7. The number of aromatic nitrogens is 4. The number of nitriles is 1. The van der Waals surface area contributed by atoms with Crippen molar-refractivity contribution >= 4 is 0 Å². The molecule has 2 rings (SSSR count). The maximum Gasteiger partial charge on any atom is 0.168 e. The quantitative estimate of drug-likeness (QED) is 0.708. The Labute approximate surface area is 85.7 Å². The smallest absolute Gasteiger partial charge is 0.168 e. The first-order valence-electron chi connectivity index (χ1n) is 4.16. The molecule has 0 spiro atoms. The van der Waals surface area contributed by atoms with Crippen molar-refractivity contribution in [2.45, 2.75) is 0 Å². The van der Waals surface area contributed by atoms with Gasteiger partial charge in [-0.25, -0.2) is 4.98 Å². The van der Waals surface area contributed by atoms with E-state index in [4.69, 9.17) is 10.00 Å². The molecule has 6 nitrogen and oxygen atoms in total. The van der Waals surface area contributed by atoms with Crippen LogP contribution in [-0.2, 0) is 0 Å². The van der Waals surface area contributed by atoms with Crippen molar-refractivity contribution in [2.24, 2.45) is 0 Å². The van der Waals surface area contributed by atoms with Gasteiger partial charge in [-0.05, 0) is 0 Å². The predicted molar refractivity (Wildman–Crippen MR) is 50.4 cm³/mol. The highest BCUT2D eigenvalue weighted by atomic mass is 16.5. The molecule has 0 saturated carbocycles. The largest absolute Gasteiger partial charge is 0.495 e. The SMILES string of the molecule is COc1cnc(C#N)c(-n2nccn2)c1. The first kappa shape index (κ1) is 9.15. The molecule has 0 radical (unpaired) electrons. The van der Waals surface area contributed by atoms with Crippen LogP contribution >= 0.6 is 0 Å². The Kier molecular flexibility index (Phi) is 2.29. The number of ether oxygens (including phenoxy) is 1. The summed E-state index contributed by atoms with van der Waals surface area (Å²) in [6.45, 7) is 0. The highest BCUT2D eigenvalue weighted by Gasteiger charge is 2.08. The Bertz CT molecular complexity index is 500. The standard InChI is InChI=1S/C9H7N5O/c1-15-7-4-9(8(5-10)11-6-7)14-12-2-3-13-14/h2-4,6H,1H3. The first-order chi connectivity index (χ1) is 7.35. The lowest BCUT2D eigenvalue weighted by Crippen LogP contribution is -2.03. The molecule has 0 fully saturated rings. The predicted octanol–water partition coefficient (Wildman–Crippen LogP) is 0.543. The van der Waals surface area contributed by atoms with Gasteiger partial charge in [-0.15, -0.1) is 4.80 Å². The Morgan fingerprint density at radius 2 is 2.13 bits per heavy atom. The van der Waals surface area contributed by atoms with Crippen LogP contribution in [0.15, 0.2) is 24.7 Å². The molecule has 2 aromatic heterocycles. The van der Waals surface area contributed by atoms with E-state index in [0.717, 1.165) is 0 Å². The zero-order valence-corrected chi connectivity index (χ0v) is 7.95. The van der Waals surface area contributed by atoms with Gasteiger partial charge in [-0.3, -0.25) is 0 Å². The third-order valence-corrected chi connectivity index (χ3v) is 1.82. The molecule has 15 heavy (non-hydrogen) atoms. The second-order valence-corrected chi connectivity index (χ2v) is 2.67. The van der Waals surface area contributed by atoms with Crippen LogP contribution in [0.1, 0.15) is 5.69 Å². The van der Waals surface area contributed by atoms with E-state index in [1.807, 2.05) is 6.07 Å². The minimum atomic E-state index is 0.256. The fraction of sp³-hybridized carbons (Fsp3) is 0.111. The van der Waals surface area contributed by atoms with Gasteiger partial charge in [0.1, 0.15) is 17.5 Å².